The first-order valence-corrected chi connectivity index (χ1v) is 12.7. The number of methoxy groups -OCH3 is 1. The Kier molecular flexibility index (Phi) is 8.53. The SMILES string of the molecule is CCOc1cc(C=C2SC(=Nc3cccc(C(=O)OC)c3)N(C)C2=O)ccc1OCc1ccccc1Cl. The quantitative estimate of drug-likeness (QED) is 0.247. The summed E-state index contributed by atoms with van der Waals surface area (Å²) in [6.45, 7) is 2.66. The number of esters is 1. The third kappa shape index (κ3) is 6.34. The van der Waals surface area contributed by atoms with Gasteiger partial charge in [0, 0.05) is 17.6 Å². The topological polar surface area (TPSA) is 77.4 Å². The van der Waals surface area contributed by atoms with Crippen molar-refractivity contribution in [3.05, 3.63) is 93.3 Å². The van der Waals surface area contributed by atoms with E-state index in [-0.39, 0.29) is 5.91 Å². The van der Waals surface area contributed by atoms with E-state index in [1.54, 1.807) is 37.4 Å². The molecule has 0 N–H and O–H groups in total. The number of hydrogen-bond acceptors (Lipinski definition) is 7. The monoisotopic (exact) mass is 536 g/mol. The second kappa shape index (κ2) is 12.0. The van der Waals surface area contributed by atoms with Gasteiger partial charge < -0.3 is 14.2 Å². The van der Waals surface area contributed by atoms with Crippen molar-refractivity contribution in [3.8, 4) is 11.5 Å². The third-order valence-corrected chi connectivity index (χ3v) is 6.83. The van der Waals surface area contributed by atoms with E-state index in [9.17, 15) is 9.59 Å². The highest BCUT2D eigenvalue weighted by atomic mass is 35.5. The average molecular weight is 537 g/mol. The van der Waals surface area contributed by atoms with Gasteiger partial charge in [-0.25, -0.2) is 9.79 Å². The molecule has 37 heavy (non-hydrogen) atoms. The number of carbonyl (C=O) groups is 2. The Balaban J connectivity index is 1.55. The van der Waals surface area contributed by atoms with Crippen LogP contribution in [-0.4, -0.2) is 42.7 Å². The number of carbonyl (C=O) groups excluding carboxylic acids is 2. The van der Waals surface area contributed by atoms with Crippen LogP contribution in [0.25, 0.3) is 6.08 Å². The van der Waals surface area contributed by atoms with Crippen LogP contribution in [0.3, 0.4) is 0 Å². The highest BCUT2D eigenvalue weighted by molar-refractivity contribution is 8.18. The van der Waals surface area contributed by atoms with Gasteiger partial charge in [-0.15, -0.1) is 0 Å². The Morgan fingerprint density at radius 1 is 1.05 bits per heavy atom. The van der Waals surface area contributed by atoms with E-state index in [1.165, 1.54) is 23.8 Å². The minimum atomic E-state index is -0.449. The summed E-state index contributed by atoms with van der Waals surface area (Å²) >= 11 is 7.49. The van der Waals surface area contributed by atoms with Gasteiger partial charge in [0.2, 0.25) is 0 Å². The molecule has 0 atom stereocenters. The number of ether oxygens (including phenoxy) is 3. The van der Waals surface area contributed by atoms with Crippen molar-refractivity contribution in [1.82, 2.24) is 4.90 Å². The van der Waals surface area contributed by atoms with Gasteiger partial charge in [-0.2, -0.15) is 0 Å². The average Bonchev–Trinajstić information content (AvgIpc) is 3.16. The summed E-state index contributed by atoms with van der Waals surface area (Å²) in [5.41, 5.74) is 2.59. The lowest BCUT2D eigenvalue weighted by atomic mass is 10.1. The molecule has 1 saturated heterocycles. The van der Waals surface area contributed by atoms with E-state index < -0.39 is 5.97 Å². The maximum absolute atomic E-state index is 12.9. The summed E-state index contributed by atoms with van der Waals surface area (Å²) in [7, 11) is 2.99. The summed E-state index contributed by atoms with van der Waals surface area (Å²) < 4.78 is 16.5. The molecule has 0 radical (unpaired) electrons. The summed E-state index contributed by atoms with van der Waals surface area (Å²) in [6.07, 6.45) is 1.79. The first kappa shape index (κ1) is 26.3. The minimum Gasteiger partial charge on any atom is -0.490 e. The summed E-state index contributed by atoms with van der Waals surface area (Å²) in [5, 5.41) is 1.14. The minimum absolute atomic E-state index is 0.176. The fraction of sp³-hybridized carbons (Fsp3) is 0.179. The van der Waals surface area contributed by atoms with Crippen LogP contribution < -0.4 is 9.47 Å². The standard InChI is InChI=1S/C28H25ClN2O5S/c1-4-35-24-14-18(12-13-23(24)36-17-20-8-5-6-11-22(20)29)15-25-26(32)31(2)28(37-25)30-21-10-7-9-19(16-21)27(33)34-3/h5-16H,4,17H2,1-3H3. The number of halogens is 1. The number of amides is 1. The normalized spacial score (nSPS) is 15.4. The molecule has 1 fully saturated rings. The zero-order chi connectivity index (χ0) is 26.4. The molecule has 1 aliphatic rings. The maximum atomic E-state index is 12.9. The van der Waals surface area contributed by atoms with Crippen molar-refractivity contribution in [1.29, 1.82) is 0 Å². The zero-order valence-electron chi connectivity index (χ0n) is 20.6. The van der Waals surface area contributed by atoms with Crippen molar-refractivity contribution in [2.45, 2.75) is 13.5 Å². The van der Waals surface area contributed by atoms with Gasteiger partial charge in [-0.1, -0.05) is 41.9 Å². The molecule has 7 nitrogen and oxygen atoms in total. The number of likely N-dealkylation sites (N-methyl/N-ethyl adjacent to an activating group) is 1. The highest BCUT2D eigenvalue weighted by Crippen LogP contribution is 2.35. The smallest absolute Gasteiger partial charge is 0.337 e. The van der Waals surface area contributed by atoms with Crippen LogP contribution in [0.15, 0.2) is 76.6 Å². The summed E-state index contributed by atoms with van der Waals surface area (Å²) in [5.74, 6) is 0.529. The molecule has 3 aromatic rings. The highest BCUT2D eigenvalue weighted by Gasteiger charge is 2.30. The molecule has 0 bridgehead atoms. The Morgan fingerprint density at radius 3 is 2.62 bits per heavy atom. The van der Waals surface area contributed by atoms with Gasteiger partial charge in [0.1, 0.15) is 6.61 Å². The van der Waals surface area contributed by atoms with Crippen molar-refractivity contribution in [3.63, 3.8) is 0 Å². The fourth-order valence-electron chi connectivity index (χ4n) is 3.51. The predicted molar refractivity (Wildman–Crippen MR) is 147 cm³/mol. The van der Waals surface area contributed by atoms with E-state index in [4.69, 9.17) is 25.8 Å². The van der Waals surface area contributed by atoms with Crippen LogP contribution in [0.5, 0.6) is 11.5 Å². The number of amidine groups is 1. The van der Waals surface area contributed by atoms with Crippen molar-refractivity contribution in [2.24, 2.45) is 4.99 Å². The second-order valence-corrected chi connectivity index (χ2v) is 9.35. The van der Waals surface area contributed by atoms with Crippen molar-refractivity contribution in [2.75, 3.05) is 20.8 Å². The van der Waals surface area contributed by atoms with E-state index >= 15 is 0 Å². The first-order valence-electron chi connectivity index (χ1n) is 11.5. The summed E-state index contributed by atoms with van der Waals surface area (Å²) in [4.78, 5) is 31.3. The van der Waals surface area contributed by atoms with E-state index in [1.807, 2.05) is 49.4 Å². The predicted octanol–water partition coefficient (Wildman–Crippen LogP) is 6.34. The molecule has 4 rings (SSSR count). The fourth-order valence-corrected chi connectivity index (χ4v) is 4.68. The molecule has 1 amide bonds. The maximum Gasteiger partial charge on any atom is 0.337 e. The molecule has 1 heterocycles. The lowest BCUT2D eigenvalue weighted by Gasteiger charge is -2.13. The van der Waals surface area contributed by atoms with Gasteiger partial charge in [0.05, 0.1) is 29.9 Å². The largest absolute Gasteiger partial charge is 0.490 e. The van der Waals surface area contributed by atoms with Gasteiger partial charge >= 0.3 is 5.97 Å². The number of thioether (sulfide) groups is 1. The Labute approximate surface area is 224 Å². The van der Waals surface area contributed by atoms with Crippen LogP contribution in [0.2, 0.25) is 5.02 Å². The van der Waals surface area contributed by atoms with Crippen LogP contribution in [0, 0.1) is 0 Å². The van der Waals surface area contributed by atoms with Gasteiger partial charge in [-0.3, -0.25) is 9.69 Å². The zero-order valence-corrected chi connectivity index (χ0v) is 22.1. The van der Waals surface area contributed by atoms with Crippen molar-refractivity contribution >= 4 is 52.2 Å². The molecule has 0 aromatic heterocycles. The second-order valence-electron chi connectivity index (χ2n) is 7.93. The van der Waals surface area contributed by atoms with Gasteiger partial charge in [0.25, 0.3) is 5.91 Å². The van der Waals surface area contributed by atoms with Gasteiger partial charge in [0.15, 0.2) is 16.7 Å². The van der Waals surface area contributed by atoms with Gasteiger partial charge in [-0.05, 0) is 66.7 Å². The number of nitrogens with zero attached hydrogens (tertiary/aromatic N) is 2. The molecule has 0 spiro atoms. The Hall–Kier alpha value is -3.75. The lowest BCUT2D eigenvalue weighted by Crippen LogP contribution is -2.23. The lowest BCUT2D eigenvalue weighted by molar-refractivity contribution is -0.121. The molecular weight excluding hydrogens is 512 g/mol. The number of aliphatic imine (C=N–C) groups is 1. The molecular formula is C28H25ClN2O5S. The van der Waals surface area contributed by atoms with Crippen LogP contribution in [0.1, 0.15) is 28.4 Å². The first-order chi connectivity index (χ1) is 17.9. The van der Waals surface area contributed by atoms with Crippen molar-refractivity contribution < 1.29 is 23.8 Å². The number of rotatable bonds is 8. The molecule has 3 aromatic carbocycles. The molecule has 0 unspecified atom stereocenters. The molecule has 0 saturated carbocycles. The molecule has 190 valence electrons. The van der Waals surface area contributed by atoms with E-state index in [0.29, 0.717) is 51.1 Å². The molecule has 1 aliphatic heterocycles. The Bertz CT molecular complexity index is 1390. The van der Waals surface area contributed by atoms with Crippen LogP contribution >= 0.6 is 23.4 Å². The molecule has 9 heteroatoms. The van der Waals surface area contributed by atoms with E-state index in [0.717, 1.165) is 11.1 Å². The molecule has 0 aliphatic carbocycles. The number of benzene rings is 3. The van der Waals surface area contributed by atoms with E-state index in [2.05, 4.69) is 4.99 Å². The number of hydrogen-bond donors (Lipinski definition) is 0. The summed E-state index contributed by atoms with van der Waals surface area (Å²) in [6, 6.07) is 19.8. The Morgan fingerprint density at radius 2 is 1.86 bits per heavy atom. The van der Waals surface area contributed by atoms with Crippen LogP contribution in [0.4, 0.5) is 5.69 Å². The third-order valence-electron chi connectivity index (χ3n) is 5.40. The van der Waals surface area contributed by atoms with Crippen LogP contribution in [-0.2, 0) is 16.1 Å².